The van der Waals surface area contributed by atoms with Crippen molar-refractivity contribution in [3.8, 4) is 23.0 Å². The largest absolute Gasteiger partial charge is 0.541 e. The number of aliphatic imine (C=N–C) groups is 1. The first-order chi connectivity index (χ1) is 35.4. The van der Waals surface area contributed by atoms with Gasteiger partial charge in [-0.05, 0) is 119 Å². The summed E-state index contributed by atoms with van der Waals surface area (Å²) >= 11 is 0. The number of aryl methyl sites for hydroxylation is 1. The molecule has 0 spiro atoms. The highest BCUT2D eigenvalue weighted by Gasteiger charge is 2.57. The number of nitrogens with zero attached hydrogens (tertiary/aromatic N) is 5. The topological polar surface area (TPSA) is 190 Å². The number of piperidine rings is 2. The van der Waals surface area contributed by atoms with Gasteiger partial charge in [0, 0.05) is 77.0 Å². The number of benzene rings is 2. The number of quaternary nitrogens is 1. The Morgan fingerprint density at radius 1 is 0.615 bits per heavy atom. The molecule has 0 bridgehead atoms. The normalized spacial score (nSPS) is 18.5. The summed E-state index contributed by atoms with van der Waals surface area (Å²) in [7, 11) is -5.30. The summed E-state index contributed by atoms with van der Waals surface area (Å²) in [6, 6.07) is 5.51. The molecule has 4 heterocycles. The van der Waals surface area contributed by atoms with Crippen molar-refractivity contribution in [1.82, 2.24) is 24.3 Å². The van der Waals surface area contributed by atoms with Gasteiger partial charge in [-0.2, -0.15) is 9.79 Å². The average molecular weight is 1120 g/mol. The molecule has 6 rings (SSSR count). The van der Waals surface area contributed by atoms with Crippen LogP contribution in [0.1, 0.15) is 166 Å². The minimum Gasteiger partial charge on any atom is -0.541 e. The van der Waals surface area contributed by atoms with Crippen molar-refractivity contribution in [3.63, 3.8) is 0 Å². The standard InChI is InChI=1S/C58H92N6O12Si2/c1-36-59-41-33-45(70-39-26-30-63(31-27-39)51(67)73-54(6,7)8)48(76-78(22,23)57(15,16)17)46(47(41)60-36)49(65)71-58(18,19)35-64(52(68)74-55(9,10)11)37(2)61-40-32-43(44(34-42(40)64)75-77(20,21)56(12,13)14)69-38-24-28-62(29-25-38)50(66)72-53(3,4)5/h32-34,38-39H,24-31,35H2,1-23H3/p+1. The van der Waals surface area contributed by atoms with Gasteiger partial charge in [-0.15, -0.1) is 4.48 Å². The van der Waals surface area contributed by atoms with Gasteiger partial charge in [-0.1, -0.05) is 41.5 Å². The van der Waals surface area contributed by atoms with Gasteiger partial charge in [-0.25, -0.2) is 19.4 Å². The number of amidine groups is 1. The van der Waals surface area contributed by atoms with E-state index in [-0.39, 0.29) is 52.3 Å². The first kappa shape index (κ1) is 61.9. The van der Waals surface area contributed by atoms with Gasteiger partial charge in [0.2, 0.25) is 5.84 Å². The highest BCUT2D eigenvalue weighted by atomic mass is 28.4. The van der Waals surface area contributed by atoms with E-state index in [9.17, 15) is 9.59 Å². The van der Waals surface area contributed by atoms with E-state index in [1.165, 1.54) is 0 Å². The second-order valence-corrected chi connectivity index (χ2v) is 37.6. The number of esters is 1. The average Bonchev–Trinajstić information content (AvgIpc) is 3.75. The summed E-state index contributed by atoms with van der Waals surface area (Å²) in [5.74, 6) is 1.75. The number of likely N-dealkylation sites (tertiary alicyclic amines) is 2. The molecule has 20 heteroatoms. The number of hydrogen-bond acceptors (Lipinski definition) is 14. The molecule has 18 nitrogen and oxygen atoms in total. The fourth-order valence-electron chi connectivity index (χ4n) is 9.05. The minimum atomic E-state index is -2.72. The number of aromatic amines is 1. The SMILES string of the molecule is CC1=Nc2cc(OC3CCN(C(=O)OC(C)(C)C)CC3)c(O[Si](C)(C)C(C)(C)C)cc2[N+]1(CC(C)(C)OC(=O)c1c(O[Si](C)(C)C(C)(C)C)c(OC2CCN(C(=O)OC(C)(C)C)CC2)cc2[nH]c(C)nc12)C(=O)OC(C)(C)C. The van der Waals surface area contributed by atoms with Crippen molar-refractivity contribution < 1.29 is 56.5 Å². The van der Waals surface area contributed by atoms with Crippen molar-refractivity contribution in [2.24, 2.45) is 4.99 Å². The first-order valence-corrected chi connectivity index (χ1v) is 33.5. The zero-order valence-electron chi connectivity index (χ0n) is 51.4. The van der Waals surface area contributed by atoms with Gasteiger partial charge in [0.05, 0.1) is 5.52 Å². The van der Waals surface area contributed by atoms with E-state index in [4.69, 9.17) is 47.2 Å². The van der Waals surface area contributed by atoms with Gasteiger partial charge in [0.25, 0.3) is 16.6 Å². The fourth-order valence-corrected chi connectivity index (χ4v) is 11.1. The highest BCUT2D eigenvalue weighted by Crippen LogP contribution is 2.52. The van der Waals surface area contributed by atoms with Crippen LogP contribution in [0.5, 0.6) is 23.0 Å². The Balaban J connectivity index is 1.42. The van der Waals surface area contributed by atoms with Crippen LogP contribution in [-0.2, 0) is 18.9 Å². The molecular weight excluding hydrogens is 1030 g/mol. The fraction of sp³-hybridized carbons (Fsp3) is 0.690. The molecule has 3 aliphatic rings. The van der Waals surface area contributed by atoms with Crippen molar-refractivity contribution in [3.05, 3.63) is 29.6 Å². The lowest BCUT2D eigenvalue weighted by molar-refractivity contribution is -0.0152. The summed E-state index contributed by atoms with van der Waals surface area (Å²) in [4.78, 5) is 73.5. The van der Waals surface area contributed by atoms with Crippen LogP contribution >= 0.6 is 0 Å². The minimum absolute atomic E-state index is 0.0933. The predicted octanol–water partition coefficient (Wildman–Crippen LogP) is 14.1. The van der Waals surface area contributed by atoms with Crippen LogP contribution in [0.15, 0.2) is 23.2 Å². The monoisotopic (exact) mass is 1120 g/mol. The van der Waals surface area contributed by atoms with Crippen molar-refractivity contribution >= 4 is 69.1 Å². The molecule has 434 valence electrons. The highest BCUT2D eigenvalue weighted by molar-refractivity contribution is 6.75. The second kappa shape index (κ2) is 21.6. The molecule has 1 unspecified atom stereocenters. The van der Waals surface area contributed by atoms with Crippen LogP contribution in [-0.4, -0.2) is 134 Å². The lowest BCUT2D eigenvalue weighted by Crippen LogP contribution is -2.63. The van der Waals surface area contributed by atoms with E-state index < -0.39 is 55.6 Å². The summed E-state index contributed by atoms with van der Waals surface area (Å²) in [6.45, 7) is 46.7. The second-order valence-electron chi connectivity index (χ2n) is 28.1. The third kappa shape index (κ3) is 14.3. The molecule has 3 amide bonds. The number of H-pyrrole nitrogens is 1. The van der Waals surface area contributed by atoms with Gasteiger partial charge in [-0.3, -0.25) is 0 Å². The summed E-state index contributed by atoms with van der Waals surface area (Å²) < 4.78 is 51.8. The van der Waals surface area contributed by atoms with Gasteiger partial charge in [0.1, 0.15) is 58.1 Å². The molecule has 1 N–H and O–H groups in total. The molecule has 2 aromatic carbocycles. The van der Waals surface area contributed by atoms with Crippen LogP contribution in [0.2, 0.25) is 36.3 Å². The molecule has 0 radical (unpaired) electrons. The molecule has 1 atom stereocenters. The molecule has 3 aromatic rings. The van der Waals surface area contributed by atoms with Gasteiger partial charge in [0.15, 0.2) is 34.3 Å². The van der Waals surface area contributed by atoms with E-state index in [1.54, 1.807) is 30.6 Å². The van der Waals surface area contributed by atoms with E-state index in [0.717, 1.165) is 0 Å². The number of carbonyl (C=O) groups excluding carboxylic acids is 4. The Morgan fingerprint density at radius 2 is 1.08 bits per heavy atom. The Morgan fingerprint density at radius 3 is 1.54 bits per heavy atom. The van der Waals surface area contributed by atoms with E-state index >= 15 is 9.59 Å². The van der Waals surface area contributed by atoms with Gasteiger partial charge >= 0.3 is 24.2 Å². The van der Waals surface area contributed by atoms with Crippen LogP contribution in [0.25, 0.3) is 11.0 Å². The number of aromatic nitrogens is 2. The molecular formula is C58H93N6O12Si2+. The maximum Gasteiger partial charge on any atom is 0.528 e. The van der Waals surface area contributed by atoms with Crippen LogP contribution in [0.4, 0.5) is 25.8 Å². The number of fused-ring (bicyclic) bond motifs is 2. The Kier molecular flexibility index (Phi) is 17.1. The Labute approximate surface area is 466 Å². The number of imidazole rings is 1. The predicted molar refractivity (Wildman–Crippen MR) is 311 cm³/mol. The van der Waals surface area contributed by atoms with Crippen molar-refractivity contribution in [2.75, 3.05) is 32.7 Å². The van der Waals surface area contributed by atoms with Crippen LogP contribution < -0.4 is 22.8 Å². The summed E-state index contributed by atoms with van der Waals surface area (Å²) in [6.07, 6.45) is 0.240. The number of nitrogens with one attached hydrogen (secondary N) is 1. The lowest BCUT2D eigenvalue weighted by atomic mass is 10.0. The third-order valence-electron chi connectivity index (χ3n) is 15.1. The number of amides is 3. The molecule has 0 aliphatic carbocycles. The maximum atomic E-state index is 15.5. The molecule has 78 heavy (non-hydrogen) atoms. The van der Waals surface area contributed by atoms with Gasteiger partial charge < -0.3 is 52.1 Å². The van der Waals surface area contributed by atoms with Crippen LogP contribution in [0.3, 0.4) is 0 Å². The van der Waals surface area contributed by atoms with E-state index in [2.05, 4.69) is 72.7 Å². The summed E-state index contributed by atoms with van der Waals surface area (Å²) in [5, 5.41) is -0.504. The van der Waals surface area contributed by atoms with E-state index in [1.807, 2.05) is 87.4 Å². The molecule has 0 saturated carbocycles. The maximum absolute atomic E-state index is 15.5. The number of carbonyl (C=O) groups is 4. The molecule has 2 fully saturated rings. The number of ether oxygens (including phenoxy) is 6. The zero-order valence-corrected chi connectivity index (χ0v) is 53.4. The number of hydrogen-bond donors (Lipinski definition) is 1. The quantitative estimate of drug-likeness (QED) is 0.0781. The first-order valence-electron chi connectivity index (χ1n) is 27.7. The van der Waals surface area contributed by atoms with Crippen molar-refractivity contribution in [1.29, 1.82) is 0 Å². The third-order valence-corrected chi connectivity index (χ3v) is 23.8. The number of rotatable bonds is 12. The molecule has 3 aliphatic heterocycles. The zero-order chi connectivity index (χ0) is 58.7. The van der Waals surface area contributed by atoms with E-state index in [0.29, 0.717) is 103 Å². The molecule has 2 saturated heterocycles. The molecule has 1 aromatic heterocycles. The Bertz CT molecular complexity index is 2770. The lowest BCUT2D eigenvalue weighted by Gasteiger charge is -2.39. The Hall–Kier alpha value is -5.35. The van der Waals surface area contributed by atoms with Crippen molar-refractivity contribution in [2.45, 2.75) is 228 Å². The summed E-state index contributed by atoms with van der Waals surface area (Å²) in [5.41, 5.74) is -1.63. The smallest absolute Gasteiger partial charge is 0.528 e. The van der Waals surface area contributed by atoms with Crippen LogP contribution in [0, 0.1) is 6.92 Å².